The van der Waals surface area contributed by atoms with Crippen molar-refractivity contribution in [1.82, 2.24) is 5.32 Å². The number of hydrogen-bond acceptors (Lipinski definition) is 2. The monoisotopic (exact) mass is 291 g/mol. The summed E-state index contributed by atoms with van der Waals surface area (Å²) in [6, 6.07) is 0. The van der Waals surface area contributed by atoms with Gasteiger partial charge in [-0.15, -0.1) is 6.42 Å². The average molecular weight is 291 g/mol. The van der Waals surface area contributed by atoms with Crippen LogP contribution in [0.25, 0.3) is 0 Å². The third-order valence-electron chi connectivity index (χ3n) is 1.35. The summed E-state index contributed by atoms with van der Waals surface area (Å²) in [5.74, 6) is 38.3. The van der Waals surface area contributed by atoms with E-state index in [1.165, 1.54) is 7.05 Å². The van der Waals surface area contributed by atoms with Gasteiger partial charge in [0.25, 0.3) is 0 Å². The number of amides is 1. The lowest BCUT2D eigenvalue weighted by molar-refractivity contribution is 0.194. The first-order valence-corrected chi connectivity index (χ1v) is 5.65. The summed E-state index contributed by atoms with van der Waals surface area (Å²) in [5.41, 5.74) is 0. The van der Waals surface area contributed by atoms with Crippen molar-refractivity contribution in [1.29, 1.82) is 0 Å². The van der Waals surface area contributed by atoms with Gasteiger partial charge in [0, 0.05) is 54.4 Å². The van der Waals surface area contributed by atoms with Crippen molar-refractivity contribution in [2.45, 2.75) is 0 Å². The zero-order chi connectivity index (χ0) is 17.0. The lowest BCUT2D eigenvalue weighted by atomic mass is 10.5. The molecule has 0 aromatic carbocycles. The summed E-state index contributed by atoms with van der Waals surface area (Å²) >= 11 is 0. The number of carbonyl (C=O) groups is 1. The van der Waals surface area contributed by atoms with Crippen molar-refractivity contribution in [3.8, 4) is 107 Å². The number of carbonyl (C=O) groups excluding carboxylic acids is 1. The third-order valence-corrected chi connectivity index (χ3v) is 1.35. The minimum Gasteiger partial charge on any atom is -0.355 e. The molecule has 0 spiro atoms. The van der Waals surface area contributed by atoms with Crippen molar-refractivity contribution in [2.75, 3.05) is 7.05 Å². The lowest BCUT2D eigenvalue weighted by Crippen LogP contribution is -2.16. The molecule has 1 amide bonds. The molecule has 0 aliphatic heterocycles. The van der Waals surface area contributed by atoms with Crippen molar-refractivity contribution >= 4 is 6.09 Å². The topological polar surface area (TPSA) is 38.3 Å². The summed E-state index contributed by atoms with van der Waals surface area (Å²) in [7, 11) is 1.41. The van der Waals surface area contributed by atoms with Crippen LogP contribution in [-0.2, 0) is 4.74 Å². The average Bonchev–Trinajstić information content (AvgIpc) is 2.57. The standard InChI is InChI=1S/C20H5NO2/c1-3-4-5-6-7-8-9-10-11-12-13-14-15-16-17-18-19-23-20(22)21-2/h1H,2H3,(H,21,22). The number of nitrogens with one attached hydrogen (secondary N) is 1. The highest BCUT2D eigenvalue weighted by atomic mass is 16.5. The highest BCUT2D eigenvalue weighted by Gasteiger charge is 1.89. The van der Waals surface area contributed by atoms with Crippen LogP contribution in [0.1, 0.15) is 0 Å². The molecule has 0 atom stereocenters. The summed E-state index contributed by atoms with van der Waals surface area (Å²) in [6.45, 7) is 0. The van der Waals surface area contributed by atoms with Crippen LogP contribution in [0.5, 0.6) is 0 Å². The Morgan fingerprint density at radius 3 is 1.39 bits per heavy atom. The quantitative estimate of drug-likeness (QED) is 0.636. The predicted molar refractivity (Wildman–Crippen MR) is 86.6 cm³/mol. The van der Waals surface area contributed by atoms with Crippen molar-refractivity contribution in [3.63, 3.8) is 0 Å². The van der Waals surface area contributed by atoms with E-state index in [1.807, 2.05) is 0 Å². The van der Waals surface area contributed by atoms with Gasteiger partial charge in [0.15, 0.2) is 0 Å². The summed E-state index contributed by atoms with van der Waals surface area (Å²) in [5, 5.41) is 2.22. The number of hydrogen-bond donors (Lipinski definition) is 1. The van der Waals surface area contributed by atoms with Crippen molar-refractivity contribution in [3.05, 3.63) is 0 Å². The molecule has 0 heterocycles. The fourth-order valence-corrected chi connectivity index (χ4v) is 0.591. The molecular weight excluding hydrogens is 286 g/mol. The first-order valence-electron chi connectivity index (χ1n) is 5.65. The van der Waals surface area contributed by atoms with Crippen LogP contribution in [0.3, 0.4) is 0 Å². The molecule has 0 unspecified atom stereocenters. The van der Waals surface area contributed by atoms with Crippen LogP contribution in [-0.4, -0.2) is 13.1 Å². The molecule has 0 fully saturated rings. The van der Waals surface area contributed by atoms with Crippen LogP contribution >= 0.6 is 0 Å². The molecule has 0 saturated carbocycles. The van der Waals surface area contributed by atoms with Gasteiger partial charge in [0.2, 0.25) is 0 Å². The molecule has 23 heavy (non-hydrogen) atoms. The molecule has 3 nitrogen and oxygen atoms in total. The molecule has 1 N–H and O–H groups in total. The zero-order valence-corrected chi connectivity index (χ0v) is 11.9. The Morgan fingerprint density at radius 2 is 1.04 bits per heavy atom. The maximum Gasteiger partial charge on any atom is 0.421 e. The maximum atomic E-state index is 10.6. The maximum absolute atomic E-state index is 10.6. The Hall–Kier alpha value is -4.69. The van der Waals surface area contributed by atoms with Crippen LogP contribution in [0.15, 0.2) is 0 Å². The van der Waals surface area contributed by atoms with Gasteiger partial charge in [0.05, 0.1) is 0 Å². The van der Waals surface area contributed by atoms with Gasteiger partial charge in [-0.1, -0.05) is 0 Å². The molecular formula is C20H5NO2. The lowest BCUT2D eigenvalue weighted by Gasteiger charge is -1.88. The summed E-state index contributed by atoms with van der Waals surface area (Å²) in [4.78, 5) is 10.6. The fraction of sp³-hybridized carbons (Fsp3) is 0.0500. The second-order valence-electron chi connectivity index (χ2n) is 2.76. The SMILES string of the molecule is C#CC#CC#CC#CC#CC#CC#CC#CC#COC(=O)NC. The Bertz CT molecular complexity index is 993. The van der Waals surface area contributed by atoms with Gasteiger partial charge < -0.3 is 10.1 Å². The first kappa shape index (κ1) is 18.3. The fourth-order valence-electron chi connectivity index (χ4n) is 0.591. The van der Waals surface area contributed by atoms with Gasteiger partial charge in [-0.05, 0) is 47.4 Å². The molecule has 0 aliphatic carbocycles. The molecule has 0 aliphatic rings. The molecule has 0 aromatic heterocycles. The van der Waals surface area contributed by atoms with E-state index in [0.29, 0.717) is 0 Å². The normalized spacial score (nSPS) is 4.70. The largest absolute Gasteiger partial charge is 0.421 e. The van der Waals surface area contributed by atoms with E-state index in [-0.39, 0.29) is 0 Å². The zero-order valence-electron chi connectivity index (χ0n) is 11.9. The van der Waals surface area contributed by atoms with E-state index in [1.54, 1.807) is 0 Å². The second kappa shape index (κ2) is 15.4. The van der Waals surface area contributed by atoms with Crippen LogP contribution in [0.4, 0.5) is 4.79 Å². The van der Waals surface area contributed by atoms with Gasteiger partial charge in [-0.3, -0.25) is 0 Å². The molecule has 0 aromatic rings. The minimum atomic E-state index is -0.663. The van der Waals surface area contributed by atoms with Gasteiger partial charge in [-0.2, -0.15) is 0 Å². The van der Waals surface area contributed by atoms with Gasteiger partial charge >= 0.3 is 6.09 Å². The highest BCUT2D eigenvalue weighted by molar-refractivity contribution is 5.68. The highest BCUT2D eigenvalue weighted by Crippen LogP contribution is 1.69. The number of terminal acetylenes is 1. The van der Waals surface area contributed by atoms with Crippen molar-refractivity contribution < 1.29 is 9.53 Å². The Labute approximate surface area is 135 Å². The van der Waals surface area contributed by atoms with E-state index in [2.05, 4.69) is 111 Å². The van der Waals surface area contributed by atoms with E-state index in [9.17, 15) is 4.79 Å². The molecule has 102 valence electrons. The van der Waals surface area contributed by atoms with E-state index in [4.69, 9.17) is 6.42 Å². The summed E-state index contributed by atoms with van der Waals surface area (Å²) in [6.07, 6.45) is 6.31. The minimum absolute atomic E-state index is 0.663. The third kappa shape index (κ3) is 15.3. The molecule has 0 rings (SSSR count). The number of rotatable bonds is 0. The summed E-state index contributed by atoms with van der Waals surface area (Å²) < 4.78 is 4.36. The smallest absolute Gasteiger partial charge is 0.355 e. The number of ether oxygens (including phenoxy) is 1. The van der Waals surface area contributed by atoms with Gasteiger partial charge in [-0.25, -0.2) is 4.79 Å². The van der Waals surface area contributed by atoms with Crippen LogP contribution in [0.2, 0.25) is 0 Å². The van der Waals surface area contributed by atoms with Crippen LogP contribution < -0.4 is 5.32 Å². The predicted octanol–water partition coefficient (Wildman–Crippen LogP) is -0.0397. The Morgan fingerprint density at radius 1 is 0.696 bits per heavy atom. The van der Waals surface area contributed by atoms with Crippen LogP contribution in [0, 0.1) is 107 Å². The second-order valence-corrected chi connectivity index (χ2v) is 2.76. The molecule has 0 bridgehead atoms. The number of alkyl carbamates (subject to hydrolysis) is 1. The van der Waals surface area contributed by atoms with E-state index >= 15 is 0 Å². The Balaban J connectivity index is 4.31. The van der Waals surface area contributed by atoms with Crippen molar-refractivity contribution in [2.24, 2.45) is 0 Å². The van der Waals surface area contributed by atoms with E-state index in [0.717, 1.165) is 0 Å². The first-order chi connectivity index (χ1) is 11.3. The Kier molecular flexibility index (Phi) is 12.2. The molecule has 0 radical (unpaired) electrons. The molecule has 0 saturated heterocycles. The van der Waals surface area contributed by atoms with E-state index < -0.39 is 6.09 Å². The van der Waals surface area contributed by atoms with Gasteiger partial charge in [0.1, 0.15) is 6.11 Å². The molecule has 3 heteroatoms.